The van der Waals surface area contributed by atoms with Crippen molar-refractivity contribution in [3.8, 4) is 5.75 Å². The number of aryl methyl sites for hydroxylation is 1. The number of anilines is 2. The van der Waals surface area contributed by atoms with Crippen molar-refractivity contribution in [1.82, 2.24) is 9.97 Å². The fourth-order valence-corrected chi connectivity index (χ4v) is 4.78. The summed E-state index contributed by atoms with van der Waals surface area (Å²) in [6.07, 6.45) is 0. The molecule has 0 bridgehead atoms. The Morgan fingerprint density at radius 2 is 1.81 bits per heavy atom. The molecule has 0 amide bonds. The van der Waals surface area contributed by atoms with E-state index in [1.165, 1.54) is 31.0 Å². The van der Waals surface area contributed by atoms with Crippen LogP contribution in [-0.2, 0) is 15.8 Å². The van der Waals surface area contributed by atoms with Crippen molar-refractivity contribution < 1.29 is 18.3 Å². The maximum Gasteiger partial charge on any atom is 0.266 e. The molecule has 0 saturated heterocycles. The van der Waals surface area contributed by atoms with E-state index in [0.29, 0.717) is 16.7 Å². The number of hydrogen-bond acceptors (Lipinski definition) is 8. The number of hydrogen-bond donors (Lipinski definition) is 3. The Kier molecular flexibility index (Phi) is 7.94. The average molecular weight is 475 g/mol. The van der Waals surface area contributed by atoms with Gasteiger partial charge in [-0.3, -0.25) is 4.72 Å². The van der Waals surface area contributed by atoms with E-state index in [1.807, 2.05) is 37.3 Å². The molecule has 1 heterocycles. The lowest BCUT2D eigenvalue weighted by molar-refractivity contribution is 0.281. The standard InChI is InChI=1S/C22H26N4O4S2/c1-15-9-10-19(18(11-15)30-3)32(28,29)26-21-12-20(23-16(2)13-27)24-22(25-21)31-14-17-7-5-4-6-8-17/h4-12,16,27H,13-14H2,1-3H3,(H2,23,24,25,26)/t16-/m1/s1. The van der Waals surface area contributed by atoms with E-state index in [0.717, 1.165) is 11.1 Å². The average Bonchev–Trinajstić information content (AvgIpc) is 2.77. The number of aromatic nitrogens is 2. The molecule has 0 saturated carbocycles. The van der Waals surface area contributed by atoms with E-state index in [-0.39, 0.29) is 29.1 Å². The van der Waals surface area contributed by atoms with Crippen LogP contribution in [0.15, 0.2) is 64.6 Å². The molecule has 32 heavy (non-hydrogen) atoms. The summed E-state index contributed by atoms with van der Waals surface area (Å²) in [6.45, 7) is 3.55. The number of aliphatic hydroxyl groups excluding tert-OH is 1. The summed E-state index contributed by atoms with van der Waals surface area (Å²) >= 11 is 1.38. The van der Waals surface area contributed by atoms with Crippen LogP contribution in [0, 0.1) is 6.92 Å². The third kappa shape index (κ3) is 6.35. The molecule has 3 rings (SSSR count). The van der Waals surface area contributed by atoms with Crippen molar-refractivity contribution in [2.45, 2.75) is 35.7 Å². The van der Waals surface area contributed by atoms with Crippen LogP contribution in [0.4, 0.5) is 11.6 Å². The fraction of sp³-hybridized carbons (Fsp3) is 0.273. The predicted molar refractivity (Wildman–Crippen MR) is 127 cm³/mol. The second kappa shape index (κ2) is 10.7. The Labute approximate surface area is 192 Å². The van der Waals surface area contributed by atoms with Crippen molar-refractivity contribution in [1.29, 1.82) is 0 Å². The van der Waals surface area contributed by atoms with Crippen LogP contribution in [-0.4, -0.2) is 43.3 Å². The highest BCUT2D eigenvalue weighted by Crippen LogP contribution is 2.28. The third-order valence-corrected chi connectivity index (χ3v) is 6.74. The van der Waals surface area contributed by atoms with Crippen molar-refractivity contribution in [2.75, 3.05) is 23.8 Å². The van der Waals surface area contributed by atoms with Gasteiger partial charge in [-0.1, -0.05) is 48.2 Å². The minimum absolute atomic E-state index is 0.0148. The summed E-state index contributed by atoms with van der Waals surface area (Å²) in [5, 5.41) is 12.8. The first-order valence-corrected chi connectivity index (χ1v) is 12.4. The maximum absolute atomic E-state index is 13.1. The molecule has 170 valence electrons. The van der Waals surface area contributed by atoms with Crippen LogP contribution in [0.3, 0.4) is 0 Å². The summed E-state index contributed by atoms with van der Waals surface area (Å²) in [4.78, 5) is 8.85. The van der Waals surface area contributed by atoms with Crippen molar-refractivity contribution in [2.24, 2.45) is 0 Å². The molecule has 1 atom stereocenters. The molecule has 3 aromatic rings. The lowest BCUT2D eigenvalue weighted by Crippen LogP contribution is -2.21. The second-order valence-electron chi connectivity index (χ2n) is 7.18. The molecule has 8 nitrogen and oxygen atoms in total. The molecule has 0 unspecified atom stereocenters. The minimum atomic E-state index is -3.96. The molecular weight excluding hydrogens is 448 g/mol. The molecule has 2 aromatic carbocycles. The highest BCUT2D eigenvalue weighted by Gasteiger charge is 2.21. The van der Waals surface area contributed by atoms with Crippen LogP contribution in [0.5, 0.6) is 5.75 Å². The van der Waals surface area contributed by atoms with Crippen molar-refractivity contribution in [3.63, 3.8) is 0 Å². The molecule has 3 N–H and O–H groups in total. The second-order valence-corrected chi connectivity index (χ2v) is 9.78. The first-order chi connectivity index (χ1) is 15.3. The first kappa shape index (κ1) is 23.8. The predicted octanol–water partition coefficient (Wildman–Crippen LogP) is 3.68. The summed E-state index contributed by atoms with van der Waals surface area (Å²) in [6, 6.07) is 15.9. The first-order valence-electron chi connectivity index (χ1n) is 9.91. The zero-order chi connectivity index (χ0) is 23.1. The van der Waals surface area contributed by atoms with Gasteiger partial charge in [-0.05, 0) is 37.1 Å². The van der Waals surface area contributed by atoms with Crippen molar-refractivity contribution in [3.05, 3.63) is 65.7 Å². The van der Waals surface area contributed by atoms with E-state index in [9.17, 15) is 13.5 Å². The zero-order valence-electron chi connectivity index (χ0n) is 18.1. The van der Waals surface area contributed by atoms with Crippen LogP contribution < -0.4 is 14.8 Å². The van der Waals surface area contributed by atoms with Crippen LogP contribution in [0.1, 0.15) is 18.1 Å². The minimum Gasteiger partial charge on any atom is -0.495 e. The SMILES string of the molecule is COc1cc(C)ccc1S(=O)(=O)Nc1cc(N[C@H](C)CO)nc(SCc2ccccc2)n1. The molecule has 0 aliphatic rings. The van der Waals surface area contributed by atoms with E-state index in [1.54, 1.807) is 19.1 Å². The van der Waals surface area contributed by atoms with Crippen LogP contribution in [0.2, 0.25) is 0 Å². The van der Waals surface area contributed by atoms with E-state index in [2.05, 4.69) is 20.0 Å². The van der Waals surface area contributed by atoms with Gasteiger partial charge in [0.2, 0.25) is 0 Å². The van der Waals surface area contributed by atoms with Gasteiger partial charge in [-0.2, -0.15) is 0 Å². The summed E-state index contributed by atoms with van der Waals surface area (Å²) < 4.78 is 33.9. The van der Waals surface area contributed by atoms with Crippen LogP contribution >= 0.6 is 11.8 Å². The summed E-state index contributed by atoms with van der Waals surface area (Å²) in [5.41, 5.74) is 1.97. The Balaban J connectivity index is 1.90. The molecule has 0 fully saturated rings. The van der Waals surface area contributed by atoms with Gasteiger partial charge < -0.3 is 15.2 Å². The summed E-state index contributed by atoms with van der Waals surface area (Å²) in [5.74, 6) is 1.40. The monoisotopic (exact) mass is 474 g/mol. The van der Waals surface area contributed by atoms with E-state index >= 15 is 0 Å². The molecule has 10 heteroatoms. The number of thioether (sulfide) groups is 1. The molecule has 0 aliphatic carbocycles. The van der Waals surface area contributed by atoms with Gasteiger partial charge in [0.05, 0.1) is 13.7 Å². The number of methoxy groups -OCH3 is 1. The third-order valence-electron chi connectivity index (χ3n) is 4.43. The molecule has 0 radical (unpaired) electrons. The zero-order valence-corrected chi connectivity index (χ0v) is 19.7. The highest BCUT2D eigenvalue weighted by molar-refractivity contribution is 7.98. The quantitative estimate of drug-likeness (QED) is 0.301. The number of aliphatic hydroxyl groups is 1. The Bertz CT molecular complexity index is 1160. The van der Waals surface area contributed by atoms with Crippen LogP contribution in [0.25, 0.3) is 0 Å². The number of ether oxygens (including phenoxy) is 1. The van der Waals surface area contributed by atoms with Gasteiger partial charge in [0.15, 0.2) is 5.16 Å². The smallest absolute Gasteiger partial charge is 0.266 e. The Morgan fingerprint density at radius 1 is 1.09 bits per heavy atom. The molecule has 1 aromatic heterocycles. The topological polar surface area (TPSA) is 113 Å². The molecule has 0 spiro atoms. The van der Waals surface area contributed by atoms with Gasteiger partial charge in [0, 0.05) is 17.9 Å². The fourth-order valence-electron chi connectivity index (χ4n) is 2.83. The largest absolute Gasteiger partial charge is 0.495 e. The molecular formula is C22H26N4O4S2. The number of nitrogens with zero attached hydrogens (tertiary/aromatic N) is 2. The van der Waals surface area contributed by atoms with Gasteiger partial charge in [0.25, 0.3) is 10.0 Å². The van der Waals surface area contributed by atoms with Crippen molar-refractivity contribution >= 4 is 33.4 Å². The number of sulfonamides is 1. The lowest BCUT2D eigenvalue weighted by atomic mass is 10.2. The van der Waals surface area contributed by atoms with E-state index < -0.39 is 10.0 Å². The van der Waals surface area contributed by atoms with Gasteiger partial charge >= 0.3 is 0 Å². The Morgan fingerprint density at radius 3 is 2.50 bits per heavy atom. The summed E-state index contributed by atoms with van der Waals surface area (Å²) in [7, 11) is -2.53. The number of rotatable bonds is 10. The number of benzene rings is 2. The number of nitrogens with one attached hydrogen (secondary N) is 2. The van der Waals surface area contributed by atoms with Gasteiger partial charge in [-0.25, -0.2) is 18.4 Å². The highest BCUT2D eigenvalue weighted by atomic mass is 32.2. The normalized spacial score (nSPS) is 12.2. The van der Waals surface area contributed by atoms with E-state index in [4.69, 9.17) is 4.74 Å². The molecule has 0 aliphatic heterocycles. The van der Waals surface area contributed by atoms with Gasteiger partial charge in [-0.15, -0.1) is 0 Å². The van der Waals surface area contributed by atoms with Gasteiger partial charge in [0.1, 0.15) is 22.3 Å². The lowest BCUT2D eigenvalue weighted by Gasteiger charge is -2.15. The Hall–Kier alpha value is -2.82. The maximum atomic E-state index is 13.1.